The average Bonchev–Trinajstić information content (AvgIpc) is 2.70. The highest BCUT2D eigenvalue weighted by Gasteiger charge is 2.32. The minimum atomic E-state index is -0.796. The van der Waals surface area contributed by atoms with Gasteiger partial charge in [-0.05, 0) is 44.9 Å². The maximum atomic E-state index is 12.8. The van der Waals surface area contributed by atoms with Crippen LogP contribution in [0.1, 0.15) is 97.8 Å². The van der Waals surface area contributed by atoms with Crippen LogP contribution in [-0.2, 0) is 19.2 Å². The van der Waals surface area contributed by atoms with E-state index in [2.05, 4.69) is 10.6 Å². The molecule has 0 aromatic carbocycles. The number of carboxylic acids is 2. The molecule has 0 aromatic heterocycles. The van der Waals surface area contributed by atoms with Gasteiger partial charge in [-0.2, -0.15) is 0 Å². The van der Waals surface area contributed by atoms with Gasteiger partial charge < -0.3 is 20.8 Å². The number of unbranched alkanes of at least 4 members (excludes halogenated alkanes) is 4. The molecule has 0 fully saturated rings. The van der Waals surface area contributed by atoms with E-state index in [0.29, 0.717) is 38.8 Å². The van der Waals surface area contributed by atoms with E-state index in [1.165, 1.54) is 0 Å². The van der Waals surface area contributed by atoms with Crippen molar-refractivity contribution in [3.63, 3.8) is 0 Å². The summed E-state index contributed by atoms with van der Waals surface area (Å²) in [5.41, 5.74) is -0.527. The summed E-state index contributed by atoms with van der Waals surface area (Å²) in [5.74, 6) is -1.82. The molecule has 0 aromatic rings. The van der Waals surface area contributed by atoms with Crippen molar-refractivity contribution >= 4 is 23.8 Å². The molecule has 2 unspecified atom stereocenters. The number of nitrogens with one attached hydrogen (secondary N) is 2. The number of carbonyl (C=O) groups excluding carboxylic acids is 2. The molecule has 0 aliphatic rings. The normalized spacial score (nSPS) is 13.8. The van der Waals surface area contributed by atoms with E-state index < -0.39 is 17.4 Å². The van der Waals surface area contributed by atoms with E-state index >= 15 is 0 Å². The van der Waals surface area contributed by atoms with Gasteiger partial charge in [0.15, 0.2) is 0 Å². The van der Waals surface area contributed by atoms with Crippen LogP contribution in [-0.4, -0.2) is 47.1 Å². The number of carboxylic acid groups (broad SMARTS) is 2. The molecule has 31 heavy (non-hydrogen) atoms. The molecular weight excluding hydrogens is 400 g/mol. The third-order valence-corrected chi connectivity index (χ3v) is 5.65. The fourth-order valence-electron chi connectivity index (χ4n) is 3.53. The molecule has 0 aliphatic carbocycles. The van der Waals surface area contributed by atoms with E-state index in [1.54, 1.807) is 0 Å². The fraction of sp³-hybridized carbons (Fsp3) is 0.826. The molecule has 0 radical (unpaired) electrons. The first-order valence-electron chi connectivity index (χ1n) is 11.6. The van der Waals surface area contributed by atoms with Crippen molar-refractivity contribution in [3.05, 3.63) is 0 Å². The van der Waals surface area contributed by atoms with Crippen molar-refractivity contribution in [2.24, 2.45) is 11.3 Å². The number of carbonyl (C=O) groups is 4. The lowest BCUT2D eigenvalue weighted by atomic mass is 9.78. The van der Waals surface area contributed by atoms with Gasteiger partial charge in [0.05, 0.1) is 0 Å². The van der Waals surface area contributed by atoms with Crippen molar-refractivity contribution in [1.29, 1.82) is 0 Å². The van der Waals surface area contributed by atoms with E-state index in [9.17, 15) is 19.2 Å². The van der Waals surface area contributed by atoms with Crippen LogP contribution in [0, 0.1) is 11.3 Å². The molecule has 0 saturated carbocycles. The summed E-state index contributed by atoms with van der Waals surface area (Å²) in [7, 11) is 0. The highest BCUT2D eigenvalue weighted by atomic mass is 16.4. The van der Waals surface area contributed by atoms with E-state index in [1.807, 2.05) is 20.8 Å². The molecule has 0 aliphatic heterocycles. The van der Waals surface area contributed by atoms with Gasteiger partial charge in [-0.15, -0.1) is 0 Å². The zero-order valence-electron chi connectivity index (χ0n) is 19.5. The number of amides is 2. The average molecular weight is 443 g/mol. The van der Waals surface area contributed by atoms with Crippen molar-refractivity contribution in [3.8, 4) is 0 Å². The standard InChI is InChI=1S/C23H42N2O6/c1-4-14-23(3,22(31)25-17-10-6-8-12-20(28)29)15-13-18(2)21(30)24-16-9-5-7-11-19(26)27/h18H,4-17H2,1-3H3,(H,24,30)(H,25,31)(H,26,27)(H,28,29). The van der Waals surface area contributed by atoms with Gasteiger partial charge in [0, 0.05) is 37.3 Å². The Balaban J connectivity index is 4.28. The highest BCUT2D eigenvalue weighted by Crippen LogP contribution is 2.31. The Morgan fingerprint density at radius 2 is 1.32 bits per heavy atom. The van der Waals surface area contributed by atoms with E-state index in [4.69, 9.17) is 10.2 Å². The van der Waals surface area contributed by atoms with Crippen LogP contribution in [0.3, 0.4) is 0 Å². The van der Waals surface area contributed by atoms with Crippen LogP contribution in [0.2, 0.25) is 0 Å². The van der Waals surface area contributed by atoms with Gasteiger partial charge in [0.1, 0.15) is 0 Å². The highest BCUT2D eigenvalue weighted by molar-refractivity contribution is 5.82. The molecule has 2 amide bonds. The van der Waals surface area contributed by atoms with E-state index in [0.717, 1.165) is 38.5 Å². The van der Waals surface area contributed by atoms with Gasteiger partial charge in [0.2, 0.25) is 11.8 Å². The third-order valence-electron chi connectivity index (χ3n) is 5.65. The largest absolute Gasteiger partial charge is 0.481 e. The Morgan fingerprint density at radius 3 is 1.81 bits per heavy atom. The lowest BCUT2D eigenvalue weighted by Gasteiger charge is -2.29. The Hall–Kier alpha value is -2.12. The number of rotatable bonds is 19. The van der Waals surface area contributed by atoms with Crippen LogP contribution >= 0.6 is 0 Å². The minimum absolute atomic E-state index is 0.00127. The molecule has 0 rings (SSSR count). The lowest BCUT2D eigenvalue weighted by molar-refractivity contribution is -0.138. The van der Waals surface area contributed by atoms with Crippen LogP contribution in [0.4, 0.5) is 0 Å². The molecule has 0 bridgehead atoms. The summed E-state index contributed by atoms with van der Waals surface area (Å²) in [6, 6.07) is 0. The van der Waals surface area contributed by atoms with Crippen molar-refractivity contribution in [2.75, 3.05) is 13.1 Å². The van der Waals surface area contributed by atoms with Crippen LogP contribution in [0.25, 0.3) is 0 Å². The molecule has 180 valence electrons. The summed E-state index contributed by atoms with van der Waals surface area (Å²) >= 11 is 0. The molecule has 0 saturated heterocycles. The molecule has 8 heteroatoms. The first-order valence-corrected chi connectivity index (χ1v) is 11.6. The molecule has 8 nitrogen and oxygen atoms in total. The molecule has 0 heterocycles. The van der Waals surface area contributed by atoms with Gasteiger partial charge in [-0.1, -0.05) is 40.0 Å². The van der Waals surface area contributed by atoms with Crippen molar-refractivity contribution in [1.82, 2.24) is 10.6 Å². The maximum Gasteiger partial charge on any atom is 0.303 e. The van der Waals surface area contributed by atoms with Crippen LogP contribution in [0.5, 0.6) is 0 Å². The lowest BCUT2D eigenvalue weighted by Crippen LogP contribution is -2.40. The molecular formula is C23H42N2O6. The number of aliphatic carboxylic acids is 2. The minimum Gasteiger partial charge on any atom is -0.481 e. The van der Waals surface area contributed by atoms with E-state index in [-0.39, 0.29) is 30.6 Å². The summed E-state index contributed by atoms with van der Waals surface area (Å²) < 4.78 is 0. The second kappa shape index (κ2) is 16.6. The maximum absolute atomic E-state index is 12.8. The van der Waals surface area contributed by atoms with Crippen molar-refractivity contribution in [2.45, 2.75) is 97.8 Å². The summed E-state index contributed by atoms with van der Waals surface area (Å²) in [6.45, 7) is 6.93. The summed E-state index contributed by atoms with van der Waals surface area (Å²) in [4.78, 5) is 46.1. The Labute approximate surface area is 186 Å². The van der Waals surface area contributed by atoms with Gasteiger partial charge in [-0.25, -0.2) is 0 Å². The Bertz CT molecular complexity index is 566. The molecule has 4 N–H and O–H groups in total. The quantitative estimate of drug-likeness (QED) is 0.225. The van der Waals surface area contributed by atoms with Gasteiger partial charge >= 0.3 is 11.9 Å². The number of hydrogen-bond donors (Lipinski definition) is 4. The smallest absolute Gasteiger partial charge is 0.303 e. The summed E-state index contributed by atoms with van der Waals surface area (Å²) in [5, 5.41) is 23.1. The molecule has 0 spiro atoms. The second-order valence-electron chi connectivity index (χ2n) is 8.71. The number of hydrogen-bond acceptors (Lipinski definition) is 4. The Kier molecular flexibility index (Phi) is 15.4. The summed E-state index contributed by atoms with van der Waals surface area (Å²) in [6.07, 6.45) is 7.46. The van der Waals surface area contributed by atoms with Crippen LogP contribution < -0.4 is 10.6 Å². The first-order chi connectivity index (χ1) is 14.6. The monoisotopic (exact) mass is 442 g/mol. The fourth-order valence-corrected chi connectivity index (χ4v) is 3.53. The van der Waals surface area contributed by atoms with Gasteiger partial charge in [-0.3, -0.25) is 19.2 Å². The topological polar surface area (TPSA) is 133 Å². The zero-order valence-corrected chi connectivity index (χ0v) is 19.5. The molecule has 2 atom stereocenters. The van der Waals surface area contributed by atoms with Crippen molar-refractivity contribution < 1.29 is 29.4 Å². The predicted molar refractivity (Wildman–Crippen MR) is 120 cm³/mol. The zero-order chi connectivity index (χ0) is 23.7. The van der Waals surface area contributed by atoms with Crippen LogP contribution in [0.15, 0.2) is 0 Å². The van der Waals surface area contributed by atoms with Gasteiger partial charge in [0.25, 0.3) is 0 Å². The second-order valence-corrected chi connectivity index (χ2v) is 8.71. The first kappa shape index (κ1) is 28.9. The third kappa shape index (κ3) is 14.5. The predicted octanol–water partition coefficient (Wildman–Crippen LogP) is 3.73. The SMILES string of the molecule is CCCC(C)(CCC(C)C(=O)NCCCCCC(=O)O)C(=O)NCCCCCC(=O)O. The Morgan fingerprint density at radius 1 is 0.806 bits per heavy atom.